The van der Waals surface area contributed by atoms with Gasteiger partial charge in [0, 0.05) is 16.6 Å². The number of hydrogen-bond acceptors (Lipinski definition) is 3. The van der Waals surface area contributed by atoms with Crippen LogP contribution < -0.4 is 5.32 Å². The van der Waals surface area contributed by atoms with Crippen LogP contribution in [0.1, 0.15) is 13.3 Å². The molecule has 0 aliphatic heterocycles. The molecule has 17 heavy (non-hydrogen) atoms. The molecule has 2 aromatic rings. The Hall–Kier alpha value is -1.42. The Kier molecular flexibility index (Phi) is 4.09. The Bertz CT molecular complexity index is 500. The molecule has 0 aliphatic carbocycles. The van der Waals surface area contributed by atoms with Crippen LogP contribution in [0.15, 0.2) is 41.1 Å². The van der Waals surface area contributed by atoms with Crippen molar-refractivity contribution < 1.29 is 0 Å². The highest BCUT2D eigenvalue weighted by atomic mass is 79.9. The Morgan fingerprint density at radius 1 is 1.24 bits per heavy atom. The van der Waals surface area contributed by atoms with Gasteiger partial charge in [0.1, 0.15) is 5.82 Å². The molecule has 0 bridgehead atoms. The first-order valence-electron chi connectivity index (χ1n) is 5.62. The average molecular weight is 292 g/mol. The Morgan fingerprint density at radius 3 is 2.82 bits per heavy atom. The minimum Gasteiger partial charge on any atom is -0.369 e. The van der Waals surface area contributed by atoms with E-state index in [1.165, 1.54) is 0 Å². The first kappa shape index (κ1) is 12.0. The van der Waals surface area contributed by atoms with Crippen molar-refractivity contribution in [2.45, 2.75) is 13.3 Å². The molecule has 88 valence electrons. The van der Waals surface area contributed by atoms with E-state index in [9.17, 15) is 0 Å². The maximum Gasteiger partial charge on any atom is 0.145 e. The van der Waals surface area contributed by atoms with Gasteiger partial charge in [-0.05, 0) is 12.5 Å². The summed E-state index contributed by atoms with van der Waals surface area (Å²) in [4.78, 5) is 8.75. The molecule has 0 saturated carbocycles. The molecule has 1 aromatic carbocycles. The normalized spacial score (nSPS) is 10.2. The summed E-state index contributed by atoms with van der Waals surface area (Å²) in [6.45, 7) is 3.03. The number of halogens is 1. The highest BCUT2D eigenvalue weighted by Gasteiger charge is 2.04. The van der Waals surface area contributed by atoms with Crippen molar-refractivity contribution in [1.29, 1.82) is 0 Å². The number of nitrogens with zero attached hydrogens (tertiary/aromatic N) is 2. The molecule has 1 heterocycles. The first-order chi connectivity index (χ1) is 8.31. The lowest BCUT2D eigenvalue weighted by molar-refractivity contribution is 0.965. The highest BCUT2D eigenvalue weighted by Crippen LogP contribution is 2.26. The third-order valence-electron chi connectivity index (χ3n) is 2.34. The highest BCUT2D eigenvalue weighted by molar-refractivity contribution is 9.10. The van der Waals surface area contributed by atoms with E-state index in [4.69, 9.17) is 0 Å². The molecule has 0 spiro atoms. The van der Waals surface area contributed by atoms with Crippen LogP contribution >= 0.6 is 15.9 Å². The minimum absolute atomic E-state index is 0.820. The molecule has 0 atom stereocenters. The summed E-state index contributed by atoms with van der Waals surface area (Å²) >= 11 is 3.52. The van der Waals surface area contributed by atoms with Crippen LogP contribution in [-0.4, -0.2) is 16.5 Å². The fourth-order valence-electron chi connectivity index (χ4n) is 1.50. The molecule has 3 nitrogen and oxygen atoms in total. The molecule has 0 radical (unpaired) electrons. The number of benzene rings is 1. The van der Waals surface area contributed by atoms with Gasteiger partial charge < -0.3 is 5.32 Å². The molecule has 0 saturated heterocycles. The molecule has 2 rings (SSSR count). The Morgan fingerprint density at radius 2 is 2.06 bits per heavy atom. The summed E-state index contributed by atoms with van der Waals surface area (Å²) in [6, 6.07) is 8.01. The molecule has 0 aliphatic rings. The minimum atomic E-state index is 0.820. The second-order valence-corrected chi connectivity index (χ2v) is 4.55. The predicted molar refractivity (Wildman–Crippen MR) is 73.9 cm³/mol. The second kappa shape index (κ2) is 5.77. The van der Waals surface area contributed by atoms with Gasteiger partial charge in [-0.25, -0.2) is 4.98 Å². The van der Waals surface area contributed by atoms with Crippen molar-refractivity contribution in [3.05, 3.63) is 41.1 Å². The molecule has 1 aromatic heterocycles. The van der Waals surface area contributed by atoms with Gasteiger partial charge in [-0.3, -0.25) is 4.98 Å². The number of rotatable bonds is 4. The third kappa shape index (κ3) is 3.03. The van der Waals surface area contributed by atoms with E-state index in [-0.39, 0.29) is 0 Å². The third-order valence-corrected chi connectivity index (χ3v) is 3.03. The summed E-state index contributed by atoms with van der Waals surface area (Å²) in [7, 11) is 0. The quantitative estimate of drug-likeness (QED) is 0.933. The Labute approximate surface area is 109 Å². The van der Waals surface area contributed by atoms with Gasteiger partial charge in [0.25, 0.3) is 0 Å². The monoisotopic (exact) mass is 291 g/mol. The van der Waals surface area contributed by atoms with E-state index in [2.05, 4.69) is 38.1 Å². The van der Waals surface area contributed by atoms with Crippen molar-refractivity contribution in [1.82, 2.24) is 9.97 Å². The average Bonchev–Trinajstić information content (AvgIpc) is 2.37. The smallest absolute Gasteiger partial charge is 0.145 e. The van der Waals surface area contributed by atoms with Crippen LogP contribution in [0.3, 0.4) is 0 Å². The lowest BCUT2D eigenvalue weighted by Crippen LogP contribution is -2.02. The van der Waals surface area contributed by atoms with Crippen LogP contribution in [-0.2, 0) is 0 Å². The second-order valence-electron chi connectivity index (χ2n) is 3.70. The van der Waals surface area contributed by atoms with Crippen molar-refractivity contribution in [2.75, 3.05) is 11.9 Å². The van der Waals surface area contributed by atoms with E-state index in [0.29, 0.717) is 0 Å². The Balaban J connectivity index is 2.30. The lowest BCUT2D eigenvalue weighted by atomic mass is 10.2. The molecule has 0 unspecified atom stereocenters. The summed E-state index contributed by atoms with van der Waals surface area (Å²) in [6.07, 6.45) is 4.59. The van der Waals surface area contributed by atoms with E-state index in [1.54, 1.807) is 12.4 Å². The predicted octanol–water partition coefficient (Wildman–Crippen LogP) is 3.73. The van der Waals surface area contributed by atoms with Crippen molar-refractivity contribution in [2.24, 2.45) is 0 Å². The van der Waals surface area contributed by atoms with E-state index < -0.39 is 0 Å². The molecular weight excluding hydrogens is 278 g/mol. The molecular formula is C13H14BrN3. The SMILES string of the molecule is CCCNc1cncc(-c2ccccc2Br)n1. The summed E-state index contributed by atoms with van der Waals surface area (Å²) in [5.74, 6) is 0.820. The van der Waals surface area contributed by atoms with E-state index >= 15 is 0 Å². The summed E-state index contributed by atoms with van der Waals surface area (Å²) in [5.41, 5.74) is 1.93. The number of hydrogen-bond donors (Lipinski definition) is 1. The lowest BCUT2D eigenvalue weighted by Gasteiger charge is -2.07. The molecule has 4 heteroatoms. The van der Waals surface area contributed by atoms with Gasteiger partial charge in [-0.2, -0.15) is 0 Å². The molecule has 1 N–H and O–H groups in total. The maximum atomic E-state index is 4.54. The van der Waals surface area contributed by atoms with Crippen LogP contribution in [0.4, 0.5) is 5.82 Å². The zero-order valence-corrected chi connectivity index (χ0v) is 11.2. The van der Waals surface area contributed by atoms with Crippen LogP contribution in [0.25, 0.3) is 11.3 Å². The van der Waals surface area contributed by atoms with Crippen molar-refractivity contribution in [3.8, 4) is 11.3 Å². The van der Waals surface area contributed by atoms with Crippen LogP contribution in [0.2, 0.25) is 0 Å². The maximum absolute atomic E-state index is 4.54. The summed E-state index contributed by atoms with van der Waals surface area (Å²) < 4.78 is 1.03. The van der Waals surface area contributed by atoms with Crippen molar-refractivity contribution >= 4 is 21.7 Å². The van der Waals surface area contributed by atoms with E-state index in [0.717, 1.165) is 34.5 Å². The van der Waals surface area contributed by atoms with Gasteiger partial charge in [0.15, 0.2) is 0 Å². The largest absolute Gasteiger partial charge is 0.369 e. The fourth-order valence-corrected chi connectivity index (χ4v) is 1.99. The first-order valence-corrected chi connectivity index (χ1v) is 6.41. The van der Waals surface area contributed by atoms with Gasteiger partial charge in [-0.1, -0.05) is 41.1 Å². The standard InChI is InChI=1S/C13H14BrN3/c1-2-7-16-13-9-15-8-12(17-13)10-5-3-4-6-11(10)14/h3-6,8-9H,2,7H2,1H3,(H,16,17). The fraction of sp³-hybridized carbons (Fsp3) is 0.231. The topological polar surface area (TPSA) is 37.8 Å². The molecule has 0 fully saturated rings. The van der Waals surface area contributed by atoms with Gasteiger partial charge in [0.2, 0.25) is 0 Å². The number of nitrogens with one attached hydrogen (secondary N) is 1. The zero-order valence-electron chi connectivity index (χ0n) is 9.65. The van der Waals surface area contributed by atoms with Gasteiger partial charge >= 0.3 is 0 Å². The van der Waals surface area contributed by atoms with Crippen LogP contribution in [0.5, 0.6) is 0 Å². The van der Waals surface area contributed by atoms with Crippen LogP contribution in [0, 0.1) is 0 Å². The number of aromatic nitrogens is 2. The summed E-state index contributed by atoms with van der Waals surface area (Å²) in [5, 5.41) is 3.24. The van der Waals surface area contributed by atoms with Gasteiger partial charge in [-0.15, -0.1) is 0 Å². The molecule has 0 amide bonds. The van der Waals surface area contributed by atoms with Crippen molar-refractivity contribution in [3.63, 3.8) is 0 Å². The van der Waals surface area contributed by atoms with Gasteiger partial charge in [0.05, 0.1) is 18.1 Å². The zero-order chi connectivity index (χ0) is 12.1. The van der Waals surface area contributed by atoms with E-state index in [1.807, 2.05) is 24.3 Å². The number of anilines is 1.